The summed E-state index contributed by atoms with van der Waals surface area (Å²) in [7, 11) is 0. The molecule has 112 valence electrons. The van der Waals surface area contributed by atoms with Gasteiger partial charge in [0, 0.05) is 22.6 Å². The number of nitrogens with one attached hydrogen (secondary N) is 1. The van der Waals surface area contributed by atoms with E-state index in [0.717, 1.165) is 0 Å². The molecule has 1 aliphatic rings. The first-order chi connectivity index (χ1) is 9.36. The molecule has 0 bridgehead atoms. The van der Waals surface area contributed by atoms with Gasteiger partial charge in [0.25, 0.3) is 0 Å². The Morgan fingerprint density at radius 2 is 2.00 bits per heavy atom. The molecule has 2 atom stereocenters. The van der Waals surface area contributed by atoms with Gasteiger partial charge in [-0.3, -0.25) is 0 Å². The first-order valence-corrected chi connectivity index (χ1v) is 7.39. The lowest BCUT2D eigenvalue weighted by Gasteiger charge is -2.31. The van der Waals surface area contributed by atoms with E-state index in [1.165, 1.54) is 6.07 Å². The molecule has 1 N–H and O–H groups in total. The van der Waals surface area contributed by atoms with Crippen molar-refractivity contribution >= 4 is 15.9 Å². The predicted molar refractivity (Wildman–Crippen MR) is 72.7 cm³/mol. The maximum absolute atomic E-state index is 13.6. The van der Waals surface area contributed by atoms with Crippen LogP contribution in [0.25, 0.3) is 0 Å². The second-order valence-electron chi connectivity index (χ2n) is 5.22. The summed E-state index contributed by atoms with van der Waals surface area (Å²) >= 11 is 3.17. The highest BCUT2D eigenvalue weighted by Crippen LogP contribution is 2.37. The molecule has 0 radical (unpaired) electrons. The van der Waals surface area contributed by atoms with Crippen molar-refractivity contribution < 1.29 is 17.6 Å². The van der Waals surface area contributed by atoms with Gasteiger partial charge in [-0.05, 0) is 31.4 Å². The summed E-state index contributed by atoms with van der Waals surface area (Å²) in [5, 5.41) is 3.04. The van der Waals surface area contributed by atoms with Crippen molar-refractivity contribution in [1.82, 2.24) is 5.32 Å². The zero-order valence-corrected chi connectivity index (χ0v) is 12.4. The van der Waals surface area contributed by atoms with Crippen molar-refractivity contribution in [1.29, 1.82) is 0 Å². The Hall–Kier alpha value is -0.620. The molecule has 2 rings (SSSR count). The van der Waals surface area contributed by atoms with E-state index >= 15 is 0 Å². The summed E-state index contributed by atoms with van der Waals surface area (Å²) in [6.45, 7) is 0.258. The lowest BCUT2D eigenvalue weighted by Crippen LogP contribution is -2.38. The molecule has 0 aliphatic heterocycles. The number of hydrogen-bond acceptors (Lipinski definition) is 1. The summed E-state index contributed by atoms with van der Waals surface area (Å²) in [4.78, 5) is 0. The molecular formula is C14H16BrF4N. The zero-order valence-electron chi connectivity index (χ0n) is 10.8. The van der Waals surface area contributed by atoms with Gasteiger partial charge >= 0.3 is 6.18 Å². The third kappa shape index (κ3) is 4.19. The van der Waals surface area contributed by atoms with Crippen LogP contribution >= 0.6 is 15.9 Å². The average Bonchev–Trinajstić information content (AvgIpc) is 2.37. The highest BCUT2D eigenvalue weighted by Gasteiger charge is 2.41. The van der Waals surface area contributed by atoms with Gasteiger partial charge < -0.3 is 5.32 Å². The lowest BCUT2D eigenvalue weighted by atomic mass is 9.85. The number of alkyl halides is 3. The molecule has 1 aliphatic carbocycles. The number of rotatable bonds is 3. The Kier molecular flexibility index (Phi) is 5.07. The Labute approximate surface area is 123 Å². The van der Waals surface area contributed by atoms with Gasteiger partial charge in [0.1, 0.15) is 5.82 Å². The van der Waals surface area contributed by atoms with E-state index in [4.69, 9.17) is 0 Å². The number of hydrogen-bond donors (Lipinski definition) is 1. The second kappa shape index (κ2) is 6.43. The smallest absolute Gasteiger partial charge is 0.310 e. The van der Waals surface area contributed by atoms with E-state index in [-0.39, 0.29) is 31.2 Å². The lowest BCUT2D eigenvalue weighted by molar-refractivity contribution is -0.183. The molecule has 0 heterocycles. The molecule has 20 heavy (non-hydrogen) atoms. The Bertz CT molecular complexity index is 461. The van der Waals surface area contributed by atoms with Crippen molar-refractivity contribution in [3.8, 4) is 0 Å². The normalized spacial score (nSPS) is 23.9. The summed E-state index contributed by atoms with van der Waals surface area (Å²) in [6, 6.07) is 4.52. The van der Waals surface area contributed by atoms with Crippen LogP contribution in [0.1, 0.15) is 31.2 Å². The van der Waals surface area contributed by atoms with Gasteiger partial charge in [0.05, 0.1) is 5.92 Å². The minimum absolute atomic E-state index is 0.0850. The van der Waals surface area contributed by atoms with Gasteiger partial charge in [0.15, 0.2) is 0 Å². The Balaban J connectivity index is 1.90. The topological polar surface area (TPSA) is 12.0 Å². The molecule has 1 aromatic carbocycles. The van der Waals surface area contributed by atoms with Crippen molar-refractivity contribution in [2.45, 2.75) is 44.4 Å². The molecule has 0 saturated heterocycles. The van der Waals surface area contributed by atoms with Gasteiger partial charge in [0.2, 0.25) is 0 Å². The van der Waals surface area contributed by atoms with Crippen LogP contribution in [0.15, 0.2) is 22.7 Å². The molecule has 1 nitrogen and oxygen atoms in total. The quantitative estimate of drug-likeness (QED) is 0.769. The first kappa shape index (κ1) is 15.8. The maximum atomic E-state index is 13.6. The highest BCUT2D eigenvalue weighted by molar-refractivity contribution is 9.10. The fraction of sp³-hybridized carbons (Fsp3) is 0.571. The summed E-state index contributed by atoms with van der Waals surface area (Å²) in [5.41, 5.74) is 0.474. The summed E-state index contributed by atoms with van der Waals surface area (Å²) in [6.07, 6.45) is -2.56. The maximum Gasteiger partial charge on any atom is 0.391 e. The molecule has 2 unspecified atom stereocenters. The molecule has 0 spiro atoms. The third-order valence-electron chi connectivity index (χ3n) is 3.73. The largest absolute Gasteiger partial charge is 0.391 e. The van der Waals surface area contributed by atoms with E-state index < -0.39 is 12.1 Å². The van der Waals surface area contributed by atoms with Crippen molar-refractivity contribution in [3.63, 3.8) is 0 Å². The highest BCUT2D eigenvalue weighted by atomic mass is 79.9. The van der Waals surface area contributed by atoms with Crippen LogP contribution in [0.4, 0.5) is 17.6 Å². The molecule has 0 amide bonds. The Morgan fingerprint density at radius 3 is 2.65 bits per heavy atom. The van der Waals surface area contributed by atoms with Crippen LogP contribution in [-0.2, 0) is 6.54 Å². The number of benzene rings is 1. The van der Waals surface area contributed by atoms with Gasteiger partial charge in [-0.15, -0.1) is 0 Å². The standard InChI is InChI=1S/C14H16BrF4N/c15-11-5-4-9(13(16)7-11)8-20-12-3-1-2-10(6-12)14(17,18)19/h4-5,7,10,12,20H,1-3,6,8H2. The van der Waals surface area contributed by atoms with Crippen LogP contribution in [0, 0.1) is 11.7 Å². The fourth-order valence-electron chi connectivity index (χ4n) is 2.59. The van der Waals surface area contributed by atoms with Crippen LogP contribution in [-0.4, -0.2) is 12.2 Å². The molecule has 0 aromatic heterocycles. The van der Waals surface area contributed by atoms with Crippen molar-refractivity contribution in [3.05, 3.63) is 34.1 Å². The van der Waals surface area contributed by atoms with E-state index in [0.29, 0.717) is 22.9 Å². The van der Waals surface area contributed by atoms with Crippen LogP contribution in [0.3, 0.4) is 0 Å². The van der Waals surface area contributed by atoms with Crippen LogP contribution < -0.4 is 5.32 Å². The Morgan fingerprint density at radius 1 is 1.25 bits per heavy atom. The molecule has 6 heteroatoms. The fourth-order valence-corrected chi connectivity index (χ4v) is 2.92. The zero-order chi connectivity index (χ0) is 14.8. The van der Waals surface area contributed by atoms with Gasteiger partial charge in [-0.2, -0.15) is 13.2 Å². The summed E-state index contributed by atoms with van der Waals surface area (Å²) < 4.78 is 52.3. The molecule has 1 saturated carbocycles. The van der Waals surface area contributed by atoms with Crippen molar-refractivity contribution in [2.75, 3.05) is 0 Å². The average molecular weight is 354 g/mol. The van der Waals surface area contributed by atoms with E-state index in [1.807, 2.05) is 0 Å². The minimum Gasteiger partial charge on any atom is -0.310 e. The third-order valence-corrected chi connectivity index (χ3v) is 4.23. The molecular weight excluding hydrogens is 338 g/mol. The van der Waals surface area contributed by atoms with Crippen LogP contribution in [0.2, 0.25) is 0 Å². The molecule has 1 aromatic rings. The van der Waals surface area contributed by atoms with Gasteiger partial charge in [-0.25, -0.2) is 4.39 Å². The SMILES string of the molecule is Fc1cc(Br)ccc1CNC1CCCC(C(F)(F)F)C1. The number of halogens is 5. The summed E-state index contributed by atoms with van der Waals surface area (Å²) in [5.74, 6) is -1.58. The predicted octanol–water partition coefficient (Wildman–Crippen LogP) is 4.80. The van der Waals surface area contributed by atoms with E-state index in [2.05, 4.69) is 21.2 Å². The second-order valence-corrected chi connectivity index (χ2v) is 6.13. The minimum atomic E-state index is -4.12. The monoisotopic (exact) mass is 353 g/mol. The first-order valence-electron chi connectivity index (χ1n) is 6.60. The van der Waals surface area contributed by atoms with E-state index in [9.17, 15) is 17.6 Å². The van der Waals surface area contributed by atoms with Gasteiger partial charge in [-0.1, -0.05) is 28.4 Å². The van der Waals surface area contributed by atoms with Crippen molar-refractivity contribution in [2.24, 2.45) is 5.92 Å². The molecule has 1 fully saturated rings. The van der Waals surface area contributed by atoms with Crippen LogP contribution in [0.5, 0.6) is 0 Å². The van der Waals surface area contributed by atoms with E-state index in [1.54, 1.807) is 12.1 Å².